The fourth-order valence-corrected chi connectivity index (χ4v) is 4.93. The van der Waals surface area contributed by atoms with Gasteiger partial charge in [0.1, 0.15) is 22.1 Å². The van der Waals surface area contributed by atoms with Gasteiger partial charge in [0.2, 0.25) is 0 Å². The summed E-state index contributed by atoms with van der Waals surface area (Å²) in [6.07, 6.45) is 7.11. The Morgan fingerprint density at radius 1 is 1.31 bits per heavy atom. The summed E-state index contributed by atoms with van der Waals surface area (Å²) in [6, 6.07) is 13.4. The quantitative estimate of drug-likeness (QED) is 0.537. The van der Waals surface area contributed by atoms with Crippen molar-refractivity contribution in [2.75, 3.05) is 11.4 Å². The molecule has 2 aromatic rings. The average Bonchev–Trinajstić information content (AvgIpc) is 2.98. The molecule has 1 N–H and O–H groups in total. The van der Waals surface area contributed by atoms with Gasteiger partial charge in [0.05, 0.1) is 12.1 Å². The highest BCUT2D eigenvalue weighted by molar-refractivity contribution is 7.80. The third-order valence-corrected chi connectivity index (χ3v) is 6.46. The van der Waals surface area contributed by atoms with Crippen LogP contribution in [0.2, 0.25) is 0 Å². The van der Waals surface area contributed by atoms with Crippen molar-refractivity contribution in [2.24, 2.45) is 0 Å². The van der Waals surface area contributed by atoms with Gasteiger partial charge in [0.15, 0.2) is 0 Å². The maximum Gasteiger partial charge on any atom is 0.327 e. The molecule has 2 amide bonds. The molecule has 0 unspecified atom stereocenters. The zero-order chi connectivity index (χ0) is 22.9. The molecule has 2 aliphatic heterocycles. The van der Waals surface area contributed by atoms with Gasteiger partial charge in [-0.3, -0.25) is 15.1 Å². The van der Waals surface area contributed by atoms with Gasteiger partial charge in [0, 0.05) is 25.2 Å². The number of anilines is 1. The van der Waals surface area contributed by atoms with E-state index in [1.807, 2.05) is 32.0 Å². The molecule has 2 saturated heterocycles. The number of rotatable bonds is 5. The third kappa shape index (κ3) is 4.21. The van der Waals surface area contributed by atoms with Crippen molar-refractivity contribution in [1.82, 2.24) is 10.2 Å². The number of hydrogen-bond acceptors (Lipinski definition) is 4. The highest BCUT2D eigenvalue weighted by Crippen LogP contribution is 2.40. The lowest BCUT2D eigenvalue weighted by atomic mass is 9.82. The van der Waals surface area contributed by atoms with E-state index < -0.39 is 11.4 Å². The van der Waals surface area contributed by atoms with E-state index in [-0.39, 0.29) is 18.2 Å². The minimum atomic E-state index is -0.768. The minimum Gasteiger partial charge on any atom is -0.491 e. The van der Waals surface area contributed by atoms with Crippen molar-refractivity contribution >= 4 is 28.9 Å². The van der Waals surface area contributed by atoms with Gasteiger partial charge in [-0.15, -0.1) is 6.42 Å². The van der Waals surface area contributed by atoms with E-state index in [0.717, 1.165) is 11.3 Å². The summed E-state index contributed by atoms with van der Waals surface area (Å²) in [7, 11) is 0. The largest absolute Gasteiger partial charge is 0.491 e. The van der Waals surface area contributed by atoms with Crippen molar-refractivity contribution in [3.05, 3.63) is 59.9 Å². The first-order valence-electron chi connectivity index (χ1n) is 10.7. The molecule has 5 nitrogen and oxygen atoms in total. The minimum absolute atomic E-state index is 0.0979. The Labute approximate surface area is 193 Å². The van der Waals surface area contributed by atoms with E-state index in [1.165, 1.54) is 12.1 Å². The van der Waals surface area contributed by atoms with Crippen molar-refractivity contribution in [1.29, 1.82) is 0 Å². The zero-order valence-electron chi connectivity index (χ0n) is 18.2. The number of likely N-dealkylation sites (tertiary alicyclic amines) is 1. The van der Waals surface area contributed by atoms with Gasteiger partial charge < -0.3 is 4.74 Å². The van der Waals surface area contributed by atoms with E-state index in [4.69, 9.17) is 23.4 Å². The van der Waals surface area contributed by atoms with Crippen molar-refractivity contribution in [3.63, 3.8) is 0 Å². The third-order valence-electron chi connectivity index (χ3n) is 5.97. The summed E-state index contributed by atoms with van der Waals surface area (Å²) in [5.74, 6) is 3.31. The Bertz CT molecular complexity index is 1080. The van der Waals surface area contributed by atoms with Crippen LogP contribution in [-0.2, 0) is 6.54 Å². The van der Waals surface area contributed by atoms with E-state index >= 15 is 0 Å². The number of benzene rings is 2. The van der Waals surface area contributed by atoms with Crippen LogP contribution in [0.4, 0.5) is 14.9 Å². The fraction of sp³-hybridized carbons (Fsp3) is 0.360. The molecule has 2 fully saturated rings. The van der Waals surface area contributed by atoms with Gasteiger partial charge in [-0.25, -0.2) is 9.18 Å². The molecule has 2 atom stereocenters. The number of carbonyl (C=O) groups is 1. The standard InChI is InChI=1S/C25H26FN3O2S/c1-4-20-15-25(23(32)27-24(30)29(25)21-9-6-8-19(26)14-21)11-12-28(20)16-18-7-5-10-22(13-18)31-17(2)3/h1,5-10,13-14,17,20H,11-12,15-16H2,2-3H3,(H,27,30,32)/t20-,25+/m0/s1. The Hall–Kier alpha value is -2.95. The van der Waals surface area contributed by atoms with Crippen LogP contribution in [-0.4, -0.2) is 40.1 Å². The van der Waals surface area contributed by atoms with Crippen LogP contribution in [0.3, 0.4) is 0 Å². The maximum atomic E-state index is 13.9. The Morgan fingerprint density at radius 3 is 2.81 bits per heavy atom. The number of nitrogens with one attached hydrogen (secondary N) is 1. The van der Waals surface area contributed by atoms with Crippen LogP contribution in [0.15, 0.2) is 48.5 Å². The van der Waals surface area contributed by atoms with Crippen LogP contribution in [0, 0.1) is 18.2 Å². The number of piperidine rings is 1. The number of halogens is 1. The fourth-order valence-electron chi connectivity index (χ4n) is 4.57. The van der Waals surface area contributed by atoms with Crippen LogP contribution >= 0.6 is 12.2 Å². The molecule has 0 bridgehead atoms. The highest BCUT2D eigenvalue weighted by Gasteiger charge is 2.54. The molecule has 32 heavy (non-hydrogen) atoms. The number of nitrogens with zero attached hydrogens (tertiary/aromatic N) is 2. The lowest BCUT2D eigenvalue weighted by Gasteiger charge is -2.46. The molecule has 0 saturated carbocycles. The molecule has 166 valence electrons. The number of amides is 2. The van der Waals surface area contributed by atoms with Crippen LogP contribution in [0.5, 0.6) is 5.75 Å². The van der Waals surface area contributed by atoms with Crippen LogP contribution in [0.1, 0.15) is 32.3 Å². The van der Waals surface area contributed by atoms with Crippen LogP contribution < -0.4 is 15.0 Å². The van der Waals surface area contributed by atoms with E-state index in [9.17, 15) is 9.18 Å². The summed E-state index contributed by atoms with van der Waals surface area (Å²) >= 11 is 5.59. The summed E-state index contributed by atoms with van der Waals surface area (Å²) in [4.78, 5) is 17.0. The number of hydrogen-bond donors (Lipinski definition) is 1. The second-order valence-corrected chi connectivity index (χ2v) is 8.94. The molecule has 1 spiro atoms. The predicted octanol–water partition coefficient (Wildman–Crippen LogP) is 4.51. The highest BCUT2D eigenvalue weighted by atomic mass is 32.1. The molecule has 2 aromatic carbocycles. The summed E-state index contributed by atoms with van der Waals surface area (Å²) in [5, 5.41) is 2.77. The Morgan fingerprint density at radius 2 is 2.09 bits per heavy atom. The van der Waals surface area contributed by atoms with Crippen molar-refractivity contribution in [2.45, 2.75) is 50.9 Å². The molecule has 0 aliphatic carbocycles. The number of carbonyl (C=O) groups excluding carboxylic acids is 1. The predicted molar refractivity (Wildman–Crippen MR) is 127 cm³/mol. The lowest BCUT2D eigenvalue weighted by Crippen LogP contribution is -2.59. The SMILES string of the molecule is C#C[C@H]1C[C@]2(CCN1Cc1cccc(OC(C)C)c1)C(=S)NC(=O)N2c1cccc(F)c1. The number of terminal acetylenes is 1. The van der Waals surface area contributed by atoms with Gasteiger partial charge in [0.25, 0.3) is 0 Å². The molecular weight excluding hydrogens is 425 g/mol. The van der Waals surface area contributed by atoms with E-state index in [2.05, 4.69) is 22.2 Å². The first kappa shape index (κ1) is 22.3. The van der Waals surface area contributed by atoms with E-state index in [0.29, 0.717) is 36.6 Å². The second-order valence-electron chi connectivity index (χ2n) is 8.53. The Kier molecular flexibility index (Phi) is 6.18. The maximum absolute atomic E-state index is 13.9. The van der Waals surface area contributed by atoms with Crippen molar-refractivity contribution < 1.29 is 13.9 Å². The molecular formula is C25H26FN3O2S. The number of ether oxygens (including phenoxy) is 1. The van der Waals surface area contributed by atoms with Crippen LogP contribution in [0.25, 0.3) is 0 Å². The molecule has 2 aliphatic rings. The molecule has 4 rings (SSSR count). The Balaban J connectivity index is 1.58. The normalized spacial score (nSPS) is 23.5. The topological polar surface area (TPSA) is 44.8 Å². The molecule has 7 heteroatoms. The number of thiocarbonyl (C=S) groups is 1. The monoisotopic (exact) mass is 451 g/mol. The summed E-state index contributed by atoms with van der Waals surface area (Å²) in [6.45, 7) is 5.30. The smallest absolute Gasteiger partial charge is 0.327 e. The molecule has 2 heterocycles. The lowest BCUT2D eigenvalue weighted by molar-refractivity contribution is 0.147. The zero-order valence-corrected chi connectivity index (χ0v) is 19.0. The first-order valence-corrected chi connectivity index (χ1v) is 11.1. The molecule has 0 radical (unpaired) electrons. The van der Waals surface area contributed by atoms with E-state index in [1.54, 1.807) is 17.0 Å². The van der Waals surface area contributed by atoms with Gasteiger partial charge in [-0.2, -0.15) is 0 Å². The summed E-state index contributed by atoms with van der Waals surface area (Å²) < 4.78 is 19.7. The van der Waals surface area contributed by atoms with Gasteiger partial charge in [-0.05, 0) is 56.2 Å². The average molecular weight is 452 g/mol. The first-order chi connectivity index (χ1) is 15.3. The second kappa shape index (κ2) is 8.89. The van der Waals surface area contributed by atoms with Crippen molar-refractivity contribution in [3.8, 4) is 18.1 Å². The molecule has 0 aromatic heterocycles. The number of urea groups is 1. The summed E-state index contributed by atoms with van der Waals surface area (Å²) in [5.41, 5.74) is 0.811. The van der Waals surface area contributed by atoms with Gasteiger partial charge >= 0.3 is 6.03 Å². The van der Waals surface area contributed by atoms with Gasteiger partial charge in [-0.1, -0.05) is 36.3 Å².